The maximum atomic E-state index is 12.6. The molecule has 21 heavy (non-hydrogen) atoms. The number of anilines is 3. The molecule has 0 unspecified atom stereocenters. The molecule has 0 fully saturated rings. The van der Waals surface area contributed by atoms with Crippen LogP contribution in [0.3, 0.4) is 0 Å². The molecule has 0 radical (unpaired) electrons. The van der Waals surface area contributed by atoms with Crippen LogP contribution in [0.2, 0.25) is 0 Å². The minimum Gasteiger partial charge on any atom is -0.398 e. The Morgan fingerprint density at radius 2 is 1.71 bits per heavy atom. The fraction of sp³-hybridized carbons (Fsp3) is 0.200. The first-order valence-corrected chi connectivity index (χ1v) is 7.95. The predicted octanol–water partition coefficient (Wildman–Crippen LogP) is 2.44. The van der Waals surface area contributed by atoms with Gasteiger partial charge in [-0.3, -0.25) is 4.72 Å². The summed E-state index contributed by atoms with van der Waals surface area (Å²) in [5.74, 6) is 0. The van der Waals surface area contributed by atoms with Gasteiger partial charge in [0.15, 0.2) is 0 Å². The highest BCUT2D eigenvalue weighted by atomic mass is 32.2. The third kappa shape index (κ3) is 3.11. The molecule has 2 aromatic rings. The molecule has 0 heterocycles. The van der Waals surface area contributed by atoms with E-state index in [0.29, 0.717) is 11.3 Å². The van der Waals surface area contributed by atoms with E-state index in [4.69, 9.17) is 5.73 Å². The number of para-hydroxylation sites is 2. The van der Waals surface area contributed by atoms with Crippen molar-refractivity contribution in [1.29, 1.82) is 0 Å². The normalized spacial score (nSPS) is 11.2. The maximum Gasteiger partial charge on any atom is 0.264 e. The summed E-state index contributed by atoms with van der Waals surface area (Å²) in [5.41, 5.74) is 7.99. The van der Waals surface area contributed by atoms with E-state index in [1.807, 2.05) is 31.1 Å². The summed E-state index contributed by atoms with van der Waals surface area (Å²) >= 11 is 0. The number of nitrogens with two attached hydrogens (primary N) is 1. The van der Waals surface area contributed by atoms with Gasteiger partial charge in [0.25, 0.3) is 10.0 Å². The van der Waals surface area contributed by atoms with Gasteiger partial charge in [-0.1, -0.05) is 24.3 Å². The van der Waals surface area contributed by atoms with Crippen LogP contribution in [0.15, 0.2) is 47.4 Å². The molecule has 6 heteroatoms. The average molecular weight is 305 g/mol. The highest BCUT2D eigenvalue weighted by Gasteiger charge is 2.21. The van der Waals surface area contributed by atoms with Crippen LogP contribution in [0.4, 0.5) is 17.1 Å². The highest BCUT2D eigenvalue weighted by molar-refractivity contribution is 7.93. The lowest BCUT2D eigenvalue weighted by Gasteiger charge is -2.19. The van der Waals surface area contributed by atoms with Crippen molar-refractivity contribution < 1.29 is 8.42 Å². The molecule has 2 rings (SSSR count). The highest BCUT2D eigenvalue weighted by Crippen LogP contribution is 2.29. The van der Waals surface area contributed by atoms with Gasteiger partial charge in [0.05, 0.1) is 17.1 Å². The van der Waals surface area contributed by atoms with Crippen molar-refractivity contribution in [3.05, 3.63) is 48.0 Å². The number of aryl methyl sites for hydroxylation is 1. The lowest BCUT2D eigenvalue weighted by molar-refractivity contribution is 0.601. The third-order valence-electron chi connectivity index (χ3n) is 3.14. The van der Waals surface area contributed by atoms with E-state index in [-0.39, 0.29) is 10.6 Å². The Labute approximate surface area is 125 Å². The summed E-state index contributed by atoms with van der Waals surface area (Å²) in [6, 6.07) is 12.3. The van der Waals surface area contributed by atoms with Crippen LogP contribution in [0.5, 0.6) is 0 Å². The van der Waals surface area contributed by atoms with Crippen molar-refractivity contribution >= 4 is 27.1 Å². The zero-order valence-electron chi connectivity index (χ0n) is 12.3. The SMILES string of the molecule is Cc1cccc(N)c1S(=O)(=O)Nc1ccccc1N(C)C. The van der Waals surface area contributed by atoms with Crippen molar-refractivity contribution in [2.75, 3.05) is 29.5 Å². The molecule has 0 spiro atoms. The molecule has 112 valence electrons. The van der Waals surface area contributed by atoms with Gasteiger partial charge in [-0.15, -0.1) is 0 Å². The molecule has 0 atom stereocenters. The van der Waals surface area contributed by atoms with Gasteiger partial charge in [-0.05, 0) is 30.7 Å². The molecule has 0 aliphatic heterocycles. The van der Waals surface area contributed by atoms with Gasteiger partial charge < -0.3 is 10.6 Å². The van der Waals surface area contributed by atoms with Crippen molar-refractivity contribution in [2.24, 2.45) is 0 Å². The summed E-state index contributed by atoms with van der Waals surface area (Å²) in [6.45, 7) is 1.72. The van der Waals surface area contributed by atoms with Gasteiger partial charge in [-0.25, -0.2) is 8.42 Å². The zero-order valence-corrected chi connectivity index (χ0v) is 13.1. The predicted molar refractivity (Wildman–Crippen MR) is 87.2 cm³/mol. The van der Waals surface area contributed by atoms with E-state index >= 15 is 0 Å². The average Bonchev–Trinajstić information content (AvgIpc) is 2.37. The monoisotopic (exact) mass is 305 g/mol. The Hall–Kier alpha value is -2.21. The summed E-state index contributed by atoms with van der Waals surface area (Å²) < 4.78 is 27.8. The Morgan fingerprint density at radius 3 is 2.33 bits per heavy atom. The summed E-state index contributed by atoms with van der Waals surface area (Å²) in [7, 11) is -0.0195. The lowest BCUT2D eigenvalue weighted by atomic mass is 10.2. The molecule has 0 bridgehead atoms. The first kappa shape index (κ1) is 15.2. The maximum absolute atomic E-state index is 12.6. The molecule has 3 N–H and O–H groups in total. The minimum atomic E-state index is -3.73. The van der Waals surface area contributed by atoms with E-state index in [0.717, 1.165) is 5.69 Å². The second-order valence-electron chi connectivity index (χ2n) is 5.01. The summed E-state index contributed by atoms with van der Waals surface area (Å²) in [4.78, 5) is 1.97. The van der Waals surface area contributed by atoms with Crippen LogP contribution in [-0.4, -0.2) is 22.5 Å². The number of benzene rings is 2. The van der Waals surface area contributed by atoms with E-state index in [1.165, 1.54) is 0 Å². The molecule has 2 aromatic carbocycles. The van der Waals surface area contributed by atoms with Crippen molar-refractivity contribution in [1.82, 2.24) is 0 Å². The molecule has 0 saturated heterocycles. The number of rotatable bonds is 4. The van der Waals surface area contributed by atoms with Crippen LogP contribution in [0.1, 0.15) is 5.56 Å². The van der Waals surface area contributed by atoms with Crippen LogP contribution in [-0.2, 0) is 10.0 Å². The van der Waals surface area contributed by atoms with Gasteiger partial charge in [0, 0.05) is 14.1 Å². The van der Waals surface area contributed by atoms with Gasteiger partial charge in [0.2, 0.25) is 0 Å². The van der Waals surface area contributed by atoms with Crippen molar-refractivity contribution in [3.8, 4) is 0 Å². The third-order valence-corrected chi connectivity index (χ3v) is 4.73. The standard InChI is InChI=1S/C15H19N3O2S/c1-11-7-6-8-12(16)15(11)21(19,20)17-13-9-4-5-10-14(13)18(2)3/h4-10,17H,16H2,1-3H3. The Bertz CT molecular complexity index is 735. The first-order chi connectivity index (χ1) is 9.83. The number of nitrogens with one attached hydrogen (secondary N) is 1. The number of hydrogen-bond acceptors (Lipinski definition) is 4. The van der Waals surface area contributed by atoms with Crippen LogP contribution in [0, 0.1) is 6.92 Å². The quantitative estimate of drug-likeness (QED) is 0.851. The lowest BCUT2D eigenvalue weighted by Crippen LogP contribution is -2.19. The molecule has 0 saturated carbocycles. The molecular formula is C15H19N3O2S. The first-order valence-electron chi connectivity index (χ1n) is 6.47. The smallest absolute Gasteiger partial charge is 0.264 e. The topological polar surface area (TPSA) is 75.4 Å². The van der Waals surface area contributed by atoms with Crippen molar-refractivity contribution in [2.45, 2.75) is 11.8 Å². The summed E-state index contributed by atoms with van der Waals surface area (Å²) in [6.07, 6.45) is 0. The largest absolute Gasteiger partial charge is 0.398 e. The Balaban J connectivity index is 2.48. The Morgan fingerprint density at radius 1 is 1.05 bits per heavy atom. The van der Waals surface area contributed by atoms with E-state index in [1.54, 1.807) is 37.3 Å². The van der Waals surface area contributed by atoms with Gasteiger partial charge in [-0.2, -0.15) is 0 Å². The number of hydrogen-bond donors (Lipinski definition) is 2. The van der Waals surface area contributed by atoms with Crippen LogP contribution < -0.4 is 15.4 Å². The van der Waals surface area contributed by atoms with E-state index in [9.17, 15) is 8.42 Å². The fourth-order valence-corrected chi connectivity index (χ4v) is 3.62. The van der Waals surface area contributed by atoms with Crippen molar-refractivity contribution in [3.63, 3.8) is 0 Å². The summed E-state index contributed by atoms with van der Waals surface area (Å²) in [5, 5.41) is 0. The molecular weight excluding hydrogens is 286 g/mol. The molecule has 0 aliphatic carbocycles. The van der Waals surface area contributed by atoms with Crippen LogP contribution in [0.25, 0.3) is 0 Å². The fourth-order valence-electron chi connectivity index (χ4n) is 2.19. The second kappa shape index (κ2) is 5.65. The van der Waals surface area contributed by atoms with Gasteiger partial charge in [0.1, 0.15) is 4.90 Å². The van der Waals surface area contributed by atoms with Crippen LogP contribution >= 0.6 is 0 Å². The van der Waals surface area contributed by atoms with E-state index in [2.05, 4.69) is 4.72 Å². The van der Waals surface area contributed by atoms with E-state index < -0.39 is 10.0 Å². The minimum absolute atomic E-state index is 0.124. The number of nitrogens with zero attached hydrogens (tertiary/aromatic N) is 1. The molecule has 0 aliphatic rings. The molecule has 0 amide bonds. The zero-order chi connectivity index (χ0) is 15.6. The number of nitrogen functional groups attached to an aromatic ring is 1. The molecule has 5 nitrogen and oxygen atoms in total. The van der Waals surface area contributed by atoms with Gasteiger partial charge >= 0.3 is 0 Å². The molecule has 0 aromatic heterocycles. The Kier molecular flexibility index (Phi) is 4.09. The number of sulfonamides is 1. The second-order valence-corrected chi connectivity index (χ2v) is 6.63.